The molecule has 238 valence electrons. The third-order valence-corrected chi connectivity index (χ3v) is 11.1. The Morgan fingerprint density at radius 1 is 0.333 bits per heavy atom. The standard InChI is InChI=1S/C48H30N2S/c1-2-12-31(13-3-1)36-27-37(40-20-11-22-43-42-19-8-9-23-46(42)51-47(40)43)29-38(28-36)44-30-45(41-21-10-17-33-15-6-7-18-39(33)41)50-48(49-44)35-25-24-32-14-4-5-16-34(32)26-35/h1-30H. The molecule has 0 aliphatic rings. The van der Waals surface area contributed by atoms with E-state index in [0.29, 0.717) is 5.82 Å². The lowest BCUT2D eigenvalue weighted by atomic mass is 9.93. The molecule has 0 bridgehead atoms. The van der Waals surface area contributed by atoms with Crippen LogP contribution in [0.25, 0.3) is 97.9 Å². The normalized spacial score (nSPS) is 11.5. The molecule has 0 radical (unpaired) electrons. The average molecular weight is 667 g/mol. The van der Waals surface area contributed by atoms with E-state index in [4.69, 9.17) is 9.97 Å². The smallest absolute Gasteiger partial charge is 0.160 e. The summed E-state index contributed by atoms with van der Waals surface area (Å²) in [5.41, 5.74) is 9.64. The van der Waals surface area contributed by atoms with Gasteiger partial charge in [-0.15, -0.1) is 11.3 Å². The second kappa shape index (κ2) is 12.2. The molecule has 2 nitrogen and oxygen atoms in total. The molecule has 51 heavy (non-hydrogen) atoms. The molecule has 2 heterocycles. The van der Waals surface area contributed by atoms with Crippen molar-refractivity contribution in [2.45, 2.75) is 0 Å². The molecule has 0 unspecified atom stereocenters. The number of thiophene rings is 1. The van der Waals surface area contributed by atoms with Gasteiger partial charge in [0.1, 0.15) is 0 Å². The predicted octanol–water partition coefficient (Wildman–Crippen LogP) is 13.5. The lowest BCUT2D eigenvalue weighted by Gasteiger charge is -2.14. The van der Waals surface area contributed by atoms with Crippen LogP contribution in [0, 0.1) is 0 Å². The summed E-state index contributed by atoms with van der Waals surface area (Å²) in [5.74, 6) is 0.708. The summed E-state index contributed by atoms with van der Waals surface area (Å²) in [6.45, 7) is 0. The number of rotatable bonds is 5. The van der Waals surface area contributed by atoms with Crippen LogP contribution in [0.5, 0.6) is 0 Å². The molecule has 0 spiro atoms. The number of aromatic nitrogens is 2. The number of nitrogens with zero attached hydrogens (tertiary/aromatic N) is 2. The number of hydrogen-bond donors (Lipinski definition) is 0. The van der Waals surface area contributed by atoms with Gasteiger partial charge in [0.25, 0.3) is 0 Å². The minimum Gasteiger partial charge on any atom is -0.228 e. The first-order chi connectivity index (χ1) is 25.2. The topological polar surface area (TPSA) is 25.8 Å². The Morgan fingerprint density at radius 3 is 1.88 bits per heavy atom. The zero-order valence-electron chi connectivity index (χ0n) is 27.6. The summed E-state index contributed by atoms with van der Waals surface area (Å²) < 4.78 is 2.60. The van der Waals surface area contributed by atoms with Gasteiger partial charge in [-0.25, -0.2) is 9.97 Å². The van der Waals surface area contributed by atoms with Gasteiger partial charge in [0, 0.05) is 36.9 Å². The van der Waals surface area contributed by atoms with E-state index in [-0.39, 0.29) is 0 Å². The second-order valence-corrected chi connectivity index (χ2v) is 14.0. The molecule has 0 fully saturated rings. The van der Waals surface area contributed by atoms with E-state index < -0.39 is 0 Å². The number of fused-ring (bicyclic) bond motifs is 5. The second-order valence-electron chi connectivity index (χ2n) is 13.0. The number of hydrogen-bond acceptors (Lipinski definition) is 3. The molecule has 10 rings (SSSR count). The molecule has 0 N–H and O–H groups in total. The molecular formula is C48H30N2S. The third kappa shape index (κ3) is 5.27. The SMILES string of the molecule is c1ccc(-c2cc(-c3cc(-c4cccc5ccccc45)nc(-c4ccc5ccccc5c4)n3)cc(-c3cccc4c3sc3ccccc34)c2)cc1. The van der Waals surface area contributed by atoms with Crippen molar-refractivity contribution in [3.8, 4) is 56.2 Å². The molecule has 3 heteroatoms. The van der Waals surface area contributed by atoms with E-state index in [1.54, 1.807) is 0 Å². The van der Waals surface area contributed by atoms with E-state index >= 15 is 0 Å². The van der Waals surface area contributed by atoms with E-state index in [1.807, 2.05) is 11.3 Å². The first-order valence-corrected chi connectivity index (χ1v) is 18.0. The maximum atomic E-state index is 5.34. The summed E-state index contributed by atoms with van der Waals surface area (Å²) in [4.78, 5) is 10.6. The molecule has 0 amide bonds. The minimum atomic E-state index is 0.708. The van der Waals surface area contributed by atoms with Gasteiger partial charge in [-0.1, -0.05) is 146 Å². The highest BCUT2D eigenvalue weighted by atomic mass is 32.1. The first kappa shape index (κ1) is 29.5. The molecule has 0 saturated heterocycles. The Morgan fingerprint density at radius 2 is 0.980 bits per heavy atom. The van der Waals surface area contributed by atoms with Crippen LogP contribution in [-0.2, 0) is 0 Å². The Hall–Kier alpha value is -6.42. The van der Waals surface area contributed by atoms with E-state index in [9.17, 15) is 0 Å². The number of benzene rings is 8. The van der Waals surface area contributed by atoms with Crippen molar-refractivity contribution < 1.29 is 0 Å². The maximum absolute atomic E-state index is 5.34. The highest BCUT2D eigenvalue weighted by Crippen LogP contribution is 2.42. The van der Waals surface area contributed by atoms with Gasteiger partial charge in [-0.2, -0.15) is 0 Å². The Bertz CT molecular complexity index is 2920. The van der Waals surface area contributed by atoms with Gasteiger partial charge in [0.05, 0.1) is 11.4 Å². The monoisotopic (exact) mass is 666 g/mol. The summed E-state index contributed by atoms with van der Waals surface area (Å²) in [6, 6.07) is 65.1. The van der Waals surface area contributed by atoms with Crippen LogP contribution in [0.4, 0.5) is 0 Å². The largest absolute Gasteiger partial charge is 0.228 e. The van der Waals surface area contributed by atoms with Crippen LogP contribution in [0.1, 0.15) is 0 Å². The van der Waals surface area contributed by atoms with Crippen LogP contribution in [0.2, 0.25) is 0 Å². The molecule has 0 aliphatic heterocycles. The third-order valence-electron chi connectivity index (χ3n) is 9.85. The van der Waals surface area contributed by atoms with Gasteiger partial charge in [0.2, 0.25) is 0 Å². The van der Waals surface area contributed by atoms with E-state index in [0.717, 1.165) is 33.6 Å². The minimum absolute atomic E-state index is 0.708. The molecule has 0 atom stereocenters. The van der Waals surface area contributed by atoms with Crippen LogP contribution in [0.3, 0.4) is 0 Å². The summed E-state index contributed by atoms with van der Waals surface area (Å²) in [6.07, 6.45) is 0. The van der Waals surface area contributed by atoms with Crippen molar-refractivity contribution in [3.05, 3.63) is 182 Å². The molecule has 10 aromatic rings. The van der Waals surface area contributed by atoms with E-state index in [1.165, 1.54) is 58.4 Å². The van der Waals surface area contributed by atoms with Crippen LogP contribution >= 0.6 is 11.3 Å². The summed E-state index contributed by atoms with van der Waals surface area (Å²) in [5, 5.41) is 7.31. The highest BCUT2D eigenvalue weighted by molar-refractivity contribution is 7.26. The van der Waals surface area contributed by atoms with Crippen molar-refractivity contribution >= 4 is 53.1 Å². The van der Waals surface area contributed by atoms with Gasteiger partial charge in [-0.05, 0) is 80.2 Å². The Kier molecular flexibility index (Phi) is 7.04. The van der Waals surface area contributed by atoms with Crippen molar-refractivity contribution in [1.82, 2.24) is 9.97 Å². The van der Waals surface area contributed by atoms with Gasteiger partial charge < -0.3 is 0 Å². The van der Waals surface area contributed by atoms with E-state index in [2.05, 4.69) is 182 Å². The molecule has 0 aliphatic carbocycles. The van der Waals surface area contributed by atoms with Gasteiger partial charge in [0.15, 0.2) is 5.82 Å². The lowest BCUT2D eigenvalue weighted by molar-refractivity contribution is 1.19. The van der Waals surface area contributed by atoms with Crippen molar-refractivity contribution in [2.24, 2.45) is 0 Å². The Balaban J connectivity index is 1.24. The fourth-order valence-electron chi connectivity index (χ4n) is 7.34. The Labute approximate surface area is 300 Å². The van der Waals surface area contributed by atoms with Crippen molar-refractivity contribution in [1.29, 1.82) is 0 Å². The van der Waals surface area contributed by atoms with Crippen molar-refractivity contribution in [2.75, 3.05) is 0 Å². The molecule has 0 saturated carbocycles. The zero-order valence-corrected chi connectivity index (χ0v) is 28.4. The molecule has 8 aromatic carbocycles. The highest BCUT2D eigenvalue weighted by Gasteiger charge is 2.17. The van der Waals surface area contributed by atoms with Crippen LogP contribution in [-0.4, -0.2) is 9.97 Å². The maximum Gasteiger partial charge on any atom is 0.160 e. The zero-order chi connectivity index (χ0) is 33.7. The fourth-order valence-corrected chi connectivity index (χ4v) is 8.58. The first-order valence-electron chi connectivity index (χ1n) is 17.2. The molecular weight excluding hydrogens is 637 g/mol. The van der Waals surface area contributed by atoms with Gasteiger partial charge >= 0.3 is 0 Å². The van der Waals surface area contributed by atoms with Gasteiger partial charge in [-0.3, -0.25) is 0 Å². The van der Waals surface area contributed by atoms with Crippen LogP contribution < -0.4 is 0 Å². The van der Waals surface area contributed by atoms with Crippen molar-refractivity contribution in [3.63, 3.8) is 0 Å². The quantitative estimate of drug-likeness (QED) is 0.183. The summed E-state index contributed by atoms with van der Waals surface area (Å²) in [7, 11) is 0. The lowest BCUT2D eigenvalue weighted by Crippen LogP contribution is -1.97. The average Bonchev–Trinajstić information content (AvgIpc) is 3.59. The fraction of sp³-hybridized carbons (Fsp3) is 0. The molecule has 2 aromatic heterocycles. The predicted molar refractivity (Wildman–Crippen MR) is 217 cm³/mol. The summed E-state index contributed by atoms with van der Waals surface area (Å²) >= 11 is 1.86. The van der Waals surface area contributed by atoms with Crippen LogP contribution in [0.15, 0.2) is 182 Å².